The van der Waals surface area contributed by atoms with Gasteiger partial charge in [-0.1, -0.05) is 0 Å². The molecule has 98 valence electrons. The fraction of sp³-hybridized carbons (Fsp3) is 0.538. The lowest BCUT2D eigenvalue weighted by Gasteiger charge is -2.31. The van der Waals surface area contributed by atoms with Gasteiger partial charge in [-0.2, -0.15) is 0 Å². The minimum absolute atomic E-state index is 0.164. The van der Waals surface area contributed by atoms with E-state index in [0.29, 0.717) is 12.5 Å². The number of nitrogens with zero attached hydrogens (tertiary/aromatic N) is 1. The minimum Gasteiger partial charge on any atom is -0.367 e. The van der Waals surface area contributed by atoms with Crippen LogP contribution in [0.1, 0.15) is 29.6 Å². The van der Waals surface area contributed by atoms with Crippen LogP contribution in [-0.4, -0.2) is 35.4 Å². The number of carbonyl (C=O) groups excluding carboxylic acids is 1. The van der Waals surface area contributed by atoms with Crippen LogP contribution in [0.2, 0.25) is 0 Å². The van der Waals surface area contributed by atoms with E-state index in [4.69, 9.17) is 5.73 Å². The Labute approximate surface area is 106 Å². The molecule has 1 aromatic heterocycles. The Balaban J connectivity index is 2.00. The van der Waals surface area contributed by atoms with Gasteiger partial charge in [0, 0.05) is 31.5 Å². The van der Waals surface area contributed by atoms with Gasteiger partial charge >= 0.3 is 0 Å². The average Bonchev–Trinajstić information content (AvgIpc) is 2.40. The quantitative estimate of drug-likeness (QED) is 0.822. The monoisotopic (exact) mass is 249 g/mol. The maximum Gasteiger partial charge on any atom is 0.259 e. The van der Waals surface area contributed by atoms with Gasteiger partial charge in [-0.3, -0.25) is 9.59 Å². The number of carbonyl (C=O) groups is 1. The van der Waals surface area contributed by atoms with Crippen molar-refractivity contribution >= 4 is 5.91 Å². The number of nitrogens with two attached hydrogens (primary N) is 1. The number of hydrogen-bond donors (Lipinski definition) is 2. The number of nitrogens with one attached hydrogen (secondary N) is 1. The van der Waals surface area contributed by atoms with Crippen molar-refractivity contribution in [3.8, 4) is 0 Å². The van der Waals surface area contributed by atoms with E-state index >= 15 is 0 Å². The fourth-order valence-corrected chi connectivity index (χ4v) is 2.41. The topological polar surface area (TPSA) is 79.2 Å². The lowest BCUT2D eigenvalue weighted by atomic mass is 9.93. The Morgan fingerprint density at radius 2 is 2.17 bits per heavy atom. The van der Waals surface area contributed by atoms with Crippen molar-refractivity contribution < 1.29 is 4.79 Å². The summed E-state index contributed by atoms with van der Waals surface area (Å²) in [5.74, 6) is 0.455. The van der Waals surface area contributed by atoms with E-state index < -0.39 is 0 Å². The molecule has 0 bridgehead atoms. The van der Waals surface area contributed by atoms with E-state index in [1.54, 1.807) is 4.90 Å². The molecule has 0 unspecified atom stereocenters. The van der Waals surface area contributed by atoms with Crippen molar-refractivity contribution in [2.24, 2.45) is 11.7 Å². The molecule has 3 N–H and O–H groups in total. The Bertz CT molecular complexity index is 461. The molecular formula is C13H19N3O2. The van der Waals surface area contributed by atoms with E-state index in [9.17, 15) is 9.59 Å². The maximum atomic E-state index is 12.2. The van der Waals surface area contributed by atoms with E-state index in [1.807, 2.05) is 0 Å². The molecule has 2 heterocycles. The van der Waals surface area contributed by atoms with Crippen molar-refractivity contribution in [2.45, 2.75) is 19.3 Å². The minimum atomic E-state index is -0.220. The molecule has 1 aliphatic heterocycles. The highest BCUT2D eigenvalue weighted by Gasteiger charge is 2.24. The largest absolute Gasteiger partial charge is 0.367 e. The van der Waals surface area contributed by atoms with Gasteiger partial charge in [0.15, 0.2) is 5.43 Å². The van der Waals surface area contributed by atoms with Gasteiger partial charge in [0.25, 0.3) is 5.91 Å². The van der Waals surface area contributed by atoms with E-state index in [0.717, 1.165) is 32.4 Å². The normalized spacial score (nSPS) is 16.8. The number of aromatic amines is 1. The number of hydrogen-bond acceptors (Lipinski definition) is 3. The molecule has 2 rings (SSSR count). The predicted molar refractivity (Wildman–Crippen MR) is 69.4 cm³/mol. The second-order valence-corrected chi connectivity index (χ2v) is 4.74. The first-order valence-electron chi connectivity index (χ1n) is 6.39. The Morgan fingerprint density at radius 1 is 1.44 bits per heavy atom. The van der Waals surface area contributed by atoms with Gasteiger partial charge in [0.05, 0.1) is 0 Å². The van der Waals surface area contributed by atoms with Gasteiger partial charge in [-0.05, 0) is 31.7 Å². The molecule has 0 atom stereocenters. The number of rotatable bonds is 3. The maximum absolute atomic E-state index is 12.2. The molecule has 5 nitrogen and oxygen atoms in total. The van der Waals surface area contributed by atoms with Crippen LogP contribution in [0, 0.1) is 5.92 Å². The van der Waals surface area contributed by atoms with Gasteiger partial charge in [-0.15, -0.1) is 0 Å². The molecule has 1 amide bonds. The average molecular weight is 249 g/mol. The summed E-state index contributed by atoms with van der Waals surface area (Å²) in [4.78, 5) is 28.3. The van der Waals surface area contributed by atoms with Gasteiger partial charge in [0.2, 0.25) is 0 Å². The van der Waals surface area contributed by atoms with Crippen LogP contribution >= 0.6 is 0 Å². The second kappa shape index (κ2) is 5.82. The summed E-state index contributed by atoms with van der Waals surface area (Å²) in [7, 11) is 0. The summed E-state index contributed by atoms with van der Waals surface area (Å²) in [6.45, 7) is 2.15. The van der Waals surface area contributed by atoms with Crippen LogP contribution in [0.15, 0.2) is 23.3 Å². The number of H-pyrrole nitrogens is 1. The molecule has 1 aromatic rings. The smallest absolute Gasteiger partial charge is 0.259 e. The molecular weight excluding hydrogens is 230 g/mol. The first-order valence-corrected chi connectivity index (χ1v) is 6.39. The van der Waals surface area contributed by atoms with Gasteiger partial charge in [-0.25, -0.2) is 0 Å². The zero-order valence-electron chi connectivity index (χ0n) is 10.4. The Morgan fingerprint density at radius 3 is 2.78 bits per heavy atom. The molecule has 1 fully saturated rings. The van der Waals surface area contributed by atoms with Crippen LogP contribution in [0.4, 0.5) is 0 Å². The van der Waals surface area contributed by atoms with Crippen LogP contribution < -0.4 is 11.2 Å². The summed E-state index contributed by atoms with van der Waals surface area (Å²) in [6.07, 6.45) is 6.00. The Kier molecular flexibility index (Phi) is 4.15. The third kappa shape index (κ3) is 2.79. The van der Waals surface area contributed by atoms with E-state index in [2.05, 4.69) is 4.98 Å². The zero-order chi connectivity index (χ0) is 13.0. The van der Waals surface area contributed by atoms with Crippen molar-refractivity contribution in [3.63, 3.8) is 0 Å². The summed E-state index contributed by atoms with van der Waals surface area (Å²) in [6, 6.07) is 1.38. The second-order valence-electron chi connectivity index (χ2n) is 4.74. The molecule has 0 saturated carbocycles. The van der Waals surface area contributed by atoms with Crippen molar-refractivity contribution in [1.29, 1.82) is 0 Å². The molecule has 0 aliphatic carbocycles. The van der Waals surface area contributed by atoms with Gasteiger partial charge in [0.1, 0.15) is 5.56 Å². The van der Waals surface area contributed by atoms with Crippen LogP contribution in [0.3, 0.4) is 0 Å². The van der Waals surface area contributed by atoms with E-state index in [1.165, 1.54) is 18.5 Å². The molecule has 18 heavy (non-hydrogen) atoms. The summed E-state index contributed by atoms with van der Waals surface area (Å²) in [5, 5.41) is 0. The summed E-state index contributed by atoms with van der Waals surface area (Å²) >= 11 is 0. The van der Waals surface area contributed by atoms with Crippen molar-refractivity contribution in [1.82, 2.24) is 9.88 Å². The summed E-state index contributed by atoms with van der Waals surface area (Å²) < 4.78 is 0. The number of likely N-dealkylation sites (tertiary alicyclic amines) is 1. The predicted octanol–water partition coefficient (Wildman–Crippen LogP) is 0.576. The molecule has 0 spiro atoms. The zero-order valence-corrected chi connectivity index (χ0v) is 10.4. The highest BCUT2D eigenvalue weighted by Crippen LogP contribution is 2.20. The first kappa shape index (κ1) is 12.8. The first-order chi connectivity index (χ1) is 8.72. The molecule has 1 aliphatic rings. The lowest BCUT2D eigenvalue weighted by molar-refractivity contribution is 0.0686. The number of pyridine rings is 1. The molecule has 0 radical (unpaired) electrons. The molecule has 5 heteroatoms. The highest BCUT2D eigenvalue weighted by molar-refractivity contribution is 5.93. The fourth-order valence-electron chi connectivity index (χ4n) is 2.41. The third-order valence-corrected chi connectivity index (χ3v) is 3.53. The van der Waals surface area contributed by atoms with Gasteiger partial charge < -0.3 is 15.6 Å². The lowest BCUT2D eigenvalue weighted by Crippen LogP contribution is -2.40. The SMILES string of the molecule is NCCC1CCN(C(=O)c2c[nH]ccc2=O)CC1. The van der Waals surface area contributed by atoms with Crippen LogP contribution in [0.5, 0.6) is 0 Å². The number of aromatic nitrogens is 1. The van der Waals surface area contributed by atoms with Crippen molar-refractivity contribution in [2.75, 3.05) is 19.6 Å². The number of piperidine rings is 1. The third-order valence-electron chi connectivity index (χ3n) is 3.53. The van der Waals surface area contributed by atoms with Crippen molar-refractivity contribution in [3.05, 3.63) is 34.2 Å². The van der Waals surface area contributed by atoms with E-state index in [-0.39, 0.29) is 16.9 Å². The molecule has 0 aromatic carbocycles. The van der Waals surface area contributed by atoms with Crippen LogP contribution in [-0.2, 0) is 0 Å². The Hall–Kier alpha value is -1.62. The highest BCUT2D eigenvalue weighted by atomic mass is 16.2. The number of amides is 1. The standard InChI is InChI=1S/C13H19N3O2/c14-5-1-10-3-7-16(8-4-10)13(18)11-9-15-6-2-12(11)17/h2,6,9-10H,1,3-5,7-8,14H2,(H,15,17). The summed E-state index contributed by atoms with van der Waals surface area (Å²) in [5.41, 5.74) is 5.55. The van der Waals surface area contributed by atoms with Crippen LogP contribution in [0.25, 0.3) is 0 Å². The molecule has 1 saturated heterocycles.